The molecule has 1 aromatic heterocycles. The van der Waals surface area contributed by atoms with Crippen molar-refractivity contribution in [2.75, 3.05) is 0 Å². The van der Waals surface area contributed by atoms with E-state index < -0.39 is 0 Å². The first-order valence-electron chi connectivity index (χ1n) is 7.01. The first kappa shape index (κ1) is 14.1. The molecule has 0 aliphatic rings. The first-order chi connectivity index (χ1) is 8.27. The van der Waals surface area contributed by atoms with Crippen LogP contribution in [0.1, 0.15) is 77.0 Å². The van der Waals surface area contributed by atoms with E-state index in [1.807, 2.05) is 7.05 Å². The summed E-state index contributed by atoms with van der Waals surface area (Å²) in [5, 5.41) is 12.5. The number of hydrogen-bond donors (Lipinski definition) is 0. The molecule has 4 nitrogen and oxygen atoms in total. The molecule has 0 N–H and O–H groups in total. The van der Waals surface area contributed by atoms with Crippen molar-refractivity contribution >= 4 is 0 Å². The molecule has 0 saturated carbocycles. The Morgan fingerprint density at radius 2 is 1.71 bits per heavy atom. The molecule has 0 bridgehead atoms. The van der Waals surface area contributed by atoms with Gasteiger partial charge in [-0.15, -0.1) is 10.2 Å². The van der Waals surface area contributed by atoms with Crippen LogP contribution in [0.5, 0.6) is 0 Å². The Labute approximate surface area is 105 Å². The van der Waals surface area contributed by atoms with Crippen LogP contribution in [0, 0.1) is 0 Å². The van der Waals surface area contributed by atoms with Crippen LogP contribution in [-0.2, 0) is 7.05 Å². The Balaban J connectivity index is 2.42. The number of unbranched alkanes of at least 4 members (excludes halogenated alkanes) is 4. The van der Waals surface area contributed by atoms with E-state index in [0.29, 0.717) is 5.92 Å². The highest BCUT2D eigenvalue weighted by molar-refractivity contribution is 4.90. The van der Waals surface area contributed by atoms with Crippen molar-refractivity contribution in [1.82, 2.24) is 20.2 Å². The smallest absolute Gasteiger partial charge is 0.167 e. The molecule has 1 rings (SSSR count). The molecule has 1 unspecified atom stereocenters. The van der Waals surface area contributed by atoms with E-state index in [1.54, 1.807) is 4.80 Å². The second kappa shape index (κ2) is 8.20. The van der Waals surface area contributed by atoms with Gasteiger partial charge in [-0.2, -0.15) is 4.80 Å². The third-order valence-electron chi connectivity index (χ3n) is 3.20. The molecule has 17 heavy (non-hydrogen) atoms. The Hall–Kier alpha value is -0.930. The summed E-state index contributed by atoms with van der Waals surface area (Å²) in [5.74, 6) is 1.46. The minimum Gasteiger partial charge on any atom is -0.167 e. The van der Waals surface area contributed by atoms with E-state index in [4.69, 9.17) is 0 Å². The van der Waals surface area contributed by atoms with Gasteiger partial charge < -0.3 is 0 Å². The van der Waals surface area contributed by atoms with Crippen LogP contribution in [0.25, 0.3) is 0 Å². The minimum atomic E-state index is 0.514. The largest absolute Gasteiger partial charge is 0.177 e. The number of aromatic nitrogens is 4. The molecule has 4 heteroatoms. The van der Waals surface area contributed by atoms with Gasteiger partial charge in [0, 0.05) is 5.92 Å². The molecular weight excluding hydrogens is 212 g/mol. The third kappa shape index (κ3) is 5.29. The molecule has 0 spiro atoms. The lowest BCUT2D eigenvalue weighted by atomic mass is 9.95. The average Bonchev–Trinajstić information content (AvgIpc) is 2.75. The Bertz CT molecular complexity index is 295. The van der Waals surface area contributed by atoms with Crippen LogP contribution in [-0.4, -0.2) is 20.2 Å². The Kier molecular flexibility index (Phi) is 6.82. The van der Waals surface area contributed by atoms with Crippen LogP contribution in [0.15, 0.2) is 0 Å². The van der Waals surface area contributed by atoms with Gasteiger partial charge >= 0.3 is 0 Å². The topological polar surface area (TPSA) is 43.6 Å². The molecule has 0 aliphatic heterocycles. The molecule has 1 atom stereocenters. The van der Waals surface area contributed by atoms with Gasteiger partial charge in [-0.05, 0) is 18.1 Å². The quantitative estimate of drug-likeness (QED) is 0.619. The lowest BCUT2D eigenvalue weighted by molar-refractivity contribution is 0.488. The summed E-state index contributed by atoms with van der Waals surface area (Å²) in [6.07, 6.45) is 10.2. The highest BCUT2D eigenvalue weighted by Crippen LogP contribution is 2.24. The van der Waals surface area contributed by atoms with E-state index in [2.05, 4.69) is 29.3 Å². The third-order valence-corrected chi connectivity index (χ3v) is 3.20. The maximum absolute atomic E-state index is 4.36. The number of tetrazole rings is 1. The minimum absolute atomic E-state index is 0.514. The van der Waals surface area contributed by atoms with E-state index in [0.717, 1.165) is 5.82 Å². The van der Waals surface area contributed by atoms with E-state index >= 15 is 0 Å². The molecule has 98 valence electrons. The van der Waals surface area contributed by atoms with Gasteiger partial charge in [-0.3, -0.25) is 0 Å². The van der Waals surface area contributed by atoms with Crippen molar-refractivity contribution in [2.24, 2.45) is 7.05 Å². The van der Waals surface area contributed by atoms with E-state index in [-0.39, 0.29) is 0 Å². The zero-order chi connectivity index (χ0) is 12.5. The normalized spacial score (nSPS) is 12.9. The molecule has 0 amide bonds. The molecule has 0 fully saturated rings. The van der Waals surface area contributed by atoms with Crippen molar-refractivity contribution in [3.63, 3.8) is 0 Å². The number of rotatable bonds is 9. The highest BCUT2D eigenvalue weighted by atomic mass is 15.6. The van der Waals surface area contributed by atoms with Crippen LogP contribution in [0.3, 0.4) is 0 Å². The maximum Gasteiger partial charge on any atom is 0.177 e. The van der Waals surface area contributed by atoms with E-state index in [1.165, 1.54) is 51.4 Å². The SMILES string of the molecule is CCCCCCC(CCCC)c1nnn(C)n1. The highest BCUT2D eigenvalue weighted by Gasteiger charge is 2.15. The summed E-state index contributed by atoms with van der Waals surface area (Å²) in [4.78, 5) is 1.57. The number of nitrogens with zero attached hydrogens (tertiary/aromatic N) is 4. The van der Waals surface area contributed by atoms with Crippen molar-refractivity contribution in [3.05, 3.63) is 5.82 Å². The van der Waals surface area contributed by atoms with Gasteiger partial charge in [0.15, 0.2) is 5.82 Å². The van der Waals surface area contributed by atoms with E-state index in [9.17, 15) is 0 Å². The lowest BCUT2D eigenvalue weighted by Gasteiger charge is -2.12. The summed E-state index contributed by atoms with van der Waals surface area (Å²) >= 11 is 0. The summed E-state index contributed by atoms with van der Waals surface area (Å²) < 4.78 is 0. The standard InChI is InChI=1S/C13H26N4/c1-4-6-8-9-11-12(10-7-5-2)13-14-16-17(3)15-13/h12H,4-11H2,1-3H3. The predicted octanol–water partition coefficient (Wildman–Crippen LogP) is 3.45. The van der Waals surface area contributed by atoms with Gasteiger partial charge in [-0.1, -0.05) is 52.4 Å². The lowest BCUT2D eigenvalue weighted by Crippen LogP contribution is -2.03. The van der Waals surface area contributed by atoms with Gasteiger partial charge in [0.2, 0.25) is 0 Å². The zero-order valence-electron chi connectivity index (χ0n) is 11.5. The van der Waals surface area contributed by atoms with Crippen LogP contribution in [0.2, 0.25) is 0 Å². The van der Waals surface area contributed by atoms with Crippen LogP contribution < -0.4 is 0 Å². The van der Waals surface area contributed by atoms with Crippen molar-refractivity contribution in [2.45, 2.75) is 71.1 Å². The molecular formula is C13H26N4. The molecule has 0 saturated heterocycles. The number of hydrogen-bond acceptors (Lipinski definition) is 3. The number of aryl methyl sites for hydroxylation is 1. The summed E-state index contributed by atoms with van der Waals surface area (Å²) in [5.41, 5.74) is 0. The van der Waals surface area contributed by atoms with Crippen molar-refractivity contribution in [1.29, 1.82) is 0 Å². The van der Waals surface area contributed by atoms with Gasteiger partial charge in [0.05, 0.1) is 7.05 Å². The second-order valence-electron chi connectivity index (χ2n) is 4.83. The monoisotopic (exact) mass is 238 g/mol. The summed E-state index contributed by atoms with van der Waals surface area (Å²) in [7, 11) is 1.84. The molecule has 0 aromatic carbocycles. The average molecular weight is 238 g/mol. The van der Waals surface area contributed by atoms with Crippen LogP contribution in [0.4, 0.5) is 0 Å². The van der Waals surface area contributed by atoms with Gasteiger partial charge in [0.25, 0.3) is 0 Å². The zero-order valence-corrected chi connectivity index (χ0v) is 11.5. The fraction of sp³-hybridized carbons (Fsp3) is 0.923. The fourth-order valence-electron chi connectivity index (χ4n) is 2.13. The first-order valence-corrected chi connectivity index (χ1v) is 7.01. The molecule has 1 aromatic rings. The van der Waals surface area contributed by atoms with Crippen LogP contribution >= 0.6 is 0 Å². The Morgan fingerprint density at radius 3 is 2.29 bits per heavy atom. The van der Waals surface area contributed by atoms with Gasteiger partial charge in [0.1, 0.15) is 0 Å². The van der Waals surface area contributed by atoms with Crippen molar-refractivity contribution in [3.8, 4) is 0 Å². The van der Waals surface area contributed by atoms with Crippen molar-refractivity contribution < 1.29 is 0 Å². The fourth-order valence-corrected chi connectivity index (χ4v) is 2.13. The Morgan fingerprint density at radius 1 is 1.00 bits per heavy atom. The molecule has 0 radical (unpaired) electrons. The summed E-state index contributed by atoms with van der Waals surface area (Å²) in [6, 6.07) is 0. The molecule has 1 heterocycles. The summed E-state index contributed by atoms with van der Waals surface area (Å²) in [6.45, 7) is 4.48. The van der Waals surface area contributed by atoms with Gasteiger partial charge in [-0.25, -0.2) is 0 Å². The molecule has 0 aliphatic carbocycles. The second-order valence-corrected chi connectivity index (χ2v) is 4.83. The predicted molar refractivity (Wildman–Crippen MR) is 69.8 cm³/mol. The maximum atomic E-state index is 4.36.